The summed E-state index contributed by atoms with van der Waals surface area (Å²) in [7, 11) is 1.25. The number of halogens is 2. The van der Waals surface area contributed by atoms with Crippen LogP contribution in [0.25, 0.3) is 32.7 Å². The molecule has 8 saturated carbocycles. The number of hydrogen-bond donors (Lipinski definition) is 0. The molecule has 0 atom stereocenters. The van der Waals surface area contributed by atoms with Gasteiger partial charge in [-0.15, -0.1) is 0 Å². The Balaban J connectivity index is 0.000000904. The van der Waals surface area contributed by atoms with Gasteiger partial charge in [0, 0.05) is 22.6 Å². The van der Waals surface area contributed by atoms with Crippen LogP contribution in [0.1, 0.15) is 64.2 Å². The van der Waals surface area contributed by atoms with Gasteiger partial charge in [0.15, 0.2) is 0 Å². The van der Waals surface area contributed by atoms with E-state index in [0.717, 1.165) is 23.7 Å². The summed E-state index contributed by atoms with van der Waals surface area (Å²) >= 11 is 6.00. The van der Waals surface area contributed by atoms with Gasteiger partial charge in [-0.3, -0.25) is 9.98 Å². The minimum atomic E-state index is 0.695. The van der Waals surface area contributed by atoms with Gasteiger partial charge < -0.3 is 0 Å². The normalized spacial score (nSPS) is 32.3. The SMILES string of the molecule is [Br][Ni][Br].c1ccc2c(-c3c(N=C4C5CC6CC(C5)CC4C6)ccc4ccccc34)c(N=C3C4CC5CC(C4)CC3C5)ccc2c1. The Kier molecular flexibility index (Phi) is 7.83. The Labute approximate surface area is 287 Å². The van der Waals surface area contributed by atoms with Gasteiger partial charge in [0.05, 0.1) is 11.4 Å². The molecule has 0 radical (unpaired) electrons. The van der Waals surface area contributed by atoms with Crippen molar-refractivity contribution in [2.45, 2.75) is 64.2 Å². The molecule has 12 rings (SSSR count). The third-order valence-corrected chi connectivity index (χ3v) is 12.5. The van der Waals surface area contributed by atoms with Crippen LogP contribution in [-0.2, 0) is 10.9 Å². The molecule has 0 saturated heterocycles. The van der Waals surface area contributed by atoms with Crippen molar-refractivity contribution in [3.8, 4) is 11.1 Å². The summed E-state index contributed by atoms with van der Waals surface area (Å²) < 4.78 is 0. The first-order valence-electron chi connectivity index (χ1n) is 17.2. The molecule has 0 heterocycles. The van der Waals surface area contributed by atoms with Crippen molar-refractivity contribution in [3.05, 3.63) is 72.8 Å². The second-order valence-electron chi connectivity index (χ2n) is 15.1. The first-order valence-corrected chi connectivity index (χ1v) is 22.1. The molecule has 0 spiro atoms. The van der Waals surface area contributed by atoms with E-state index in [0.29, 0.717) is 23.7 Å². The molecule has 5 heteroatoms. The molecule has 8 aliphatic carbocycles. The summed E-state index contributed by atoms with van der Waals surface area (Å²) in [5, 5.41) is 5.21. The minimum absolute atomic E-state index is 0.695. The van der Waals surface area contributed by atoms with Crippen LogP contribution in [-0.4, -0.2) is 11.4 Å². The van der Waals surface area contributed by atoms with E-state index >= 15 is 0 Å². The molecule has 0 N–H and O–H groups in total. The monoisotopic (exact) mass is 764 g/mol. The Morgan fingerprint density at radius 2 is 0.778 bits per heavy atom. The molecule has 8 aliphatic rings. The van der Waals surface area contributed by atoms with Crippen molar-refractivity contribution in [3.63, 3.8) is 0 Å². The van der Waals surface area contributed by atoms with Crippen LogP contribution in [0.4, 0.5) is 11.4 Å². The molecule has 0 amide bonds. The van der Waals surface area contributed by atoms with Gasteiger partial charge in [0.2, 0.25) is 0 Å². The van der Waals surface area contributed by atoms with Crippen LogP contribution in [0.2, 0.25) is 0 Å². The Hall–Kier alpha value is -1.81. The molecule has 0 aliphatic heterocycles. The first kappa shape index (κ1) is 29.3. The van der Waals surface area contributed by atoms with Gasteiger partial charge in [-0.05, 0) is 145 Å². The van der Waals surface area contributed by atoms with E-state index in [-0.39, 0.29) is 0 Å². The summed E-state index contributed by atoms with van der Waals surface area (Å²) in [6.07, 6.45) is 13.9. The maximum atomic E-state index is 5.72. The third kappa shape index (κ3) is 5.23. The van der Waals surface area contributed by atoms with E-state index in [1.807, 2.05) is 0 Å². The van der Waals surface area contributed by atoms with Crippen LogP contribution in [0, 0.1) is 47.3 Å². The molecular weight excluding hydrogens is 727 g/mol. The van der Waals surface area contributed by atoms with Crippen molar-refractivity contribution in [1.82, 2.24) is 0 Å². The standard InChI is InChI=1S/C40H40N2.2BrH.Ni/c1-3-7-33-27(5-1)9-11-35(41-39-29-15-23-13-24(17-29)18-30(39)16-23)37(33)38-34-8-4-2-6-28(34)10-12-36(38)42-40-31-19-25-14-26(21-31)22-32(40)20-25;;;/h1-12,23-26,29-32H,13-22H2;2*1H;/q;;;+2/p-2. The number of benzene rings is 4. The molecule has 8 fully saturated rings. The summed E-state index contributed by atoms with van der Waals surface area (Å²) in [6.45, 7) is 0. The van der Waals surface area contributed by atoms with Gasteiger partial charge >= 0.3 is 39.3 Å². The van der Waals surface area contributed by atoms with E-state index in [1.54, 1.807) is 0 Å². The summed E-state index contributed by atoms with van der Waals surface area (Å²) in [5.41, 5.74) is 7.97. The van der Waals surface area contributed by atoms with Crippen LogP contribution >= 0.6 is 28.5 Å². The molecule has 0 unspecified atom stereocenters. The largest absolute Gasteiger partial charge is 0.257 e. The number of fused-ring (bicyclic) bond motifs is 2. The summed E-state index contributed by atoms with van der Waals surface area (Å²) in [5.74, 6) is 6.57. The fraction of sp³-hybridized carbons (Fsp3) is 0.450. The predicted octanol–water partition coefficient (Wildman–Crippen LogP) is 12.4. The zero-order valence-electron chi connectivity index (χ0n) is 25.6. The fourth-order valence-corrected chi connectivity index (χ4v) is 11.2. The van der Waals surface area contributed by atoms with Crippen LogP contribution in [0.3, 0.4) is 0 Å². The van der Waals surface area contributed by atoms with Crippen molar-refractivity contribution < 1.29 is 10.9 Å². The molecule has 8 bridgehead atoms. The van der Waals surface area contributed by atoms with Crippen molar-refractivity contribution in [2.75, 3.05) is 0 Å². The van der Waals surface area contributed by atoms with Gasteiger partial charge in [-0.1, -0.05) is 60.7 Å². The summed E-state index contributed by atoms with van der Waals surface area (Å²) in [4.78, 5) is 11.4. The quantitative estimate of drug-likeness (QED) is 0.186. The van der Waals surface area contributed by atoms with E-state index in [2.05, 4.69) is 101 Å². The predicted molar refractivity (Wildman–Crippen MR) is 193 cm³/mol. The van der Waals surface area contributed by atoms with Gasteiger partial charge in [-0.25, -0.2) is 0 Å². The Morgan fingerprint density at radius 3 is 1.13 bits per heavy atom. The molecule has 234 valence electrons. The zero-order chi connectivity index (χ0) is 30.1. The van der Waals surface area contributed by atoms with Gasteiger partial charge in [-0.2, -0.15) is 0 Å². The Morgan fingerprint density at radius 1 is 0.444 bits per heavy atom. The average molecular weight is 767 g/mol. The number of rotatable bonds is 3. The van der Waals surface area contributed by atoms with E-state index < -0.39 is 0 Å². The van der Waals surface area contributed by atoms with Crippen LogP contribution < -0.4 is 0 Å². The topological polar surface area (TPSA) is 24.7 Å². The molecule has 4 aromatic carbocycles. The van der Waals surface area contributed by atoms with Gasteiger partial charge in [0.25, 0.3) is 0 Å². The second kappa shape index (κ2) is 12.0. The molecule has 45 heavy (non-hydrogen) atoms. The second-order valence-corrected chi connectivity index (χ2v) is 20.1. The number of nitrogens with zero attached hydrogens (tertiary/aromatic N) is 2. The third-order valence-electron chi connectivity index (χ3n) is 12.5. The smallest absolute Gasteiger partial charge is 0.0715 e. The first-order chi connectivity index (χ1) is 22.1. The number of hydrogen-bond acceptors (Lipinski definition) is 2. The summed E-state index contributed by atoms with van der Waals surface area (Å²) in [6, 6.07) is 27.2. The van der Waals surface area contributed by atoms with Crippen molar-refractivity contribution in [2.24, 2.45) is 57.3 Å². The maximum absolute atomic E-state index is 5.72. The van der Waals surface area contributed by atoms with Crippen molar-refractivity contribution in [1.29, 1.82) is 0 Å². The minimum Gasteiger partial charge on any atom is -0.257 e. The Bertz CT molecular complexity index is 1650. The van der Waals surface area contributed by atoms with Gasteiger partial charge in [0.1, 0.15) is 0 Å². The molecule has 2 nitrogen and oxygen atoms in total. The van der Waals surface area contributed by atoms with Crippen LogP contribution in [0.15, 0.2) is 82.8 Å². The van der Waals surface area contributed by atoms with Crippen molar-refractivity contribution >= 4 is 72.8 Å². The number of aliphatic imine (C=N–C) groups is 2. The molecular formula is C40H40Br2N2Ni. The van der Waals surface area contributed by atoms with E-state index in [9.17, 15) is 0 Å². The van der Waals surface area contributed by atoms with Crippen LogP contribution in [0.5, 0.6) is 0 Å². The maximum Gasteiger partial charge on any atom is 0.0715 e. The average Bonchev–Trinajstić information content (AvgIpc) is 3.04. The molecule has 4 aromatic rings. The zero-order valence-corrected chi connectivity index (χ0v) is 29.7. The van der Waals surface area contributed by atoms with E-state index in [4.69, 9.17) is 9.98 Å². The molecule has 0 aromatic heterocycles. The fourth-order valence-electron chi connectivity index (χ4n) is 11.2. The van der Waals surface area contributed by atoms with E-state index in [1.165, 1.54) is 131 Å².